The van der Waals surface area contributed by atoms with E-state index >= 15 is 0 Å². The lowest BCUT2D eigenvalue weighted by atomic mass is 10.0. The summed E-state index contributed by atoms with van der Waals surface area (Å²) in [6.45, 7) is 1.43. The van der Waals surface area contributed by atoms with E-state index in [0.717, 1.165) is 16.2 Å². The molecule has 0 fully saturated rings. The lowest BCUT2D eigenvalue weighted by Crippen LogP contribution is -2.25. The van der Waals surface area contributed by atoms with Crippen LogP contribution in [0.25, 0.3) is 0 Å². The SMILES string of the molecule is CC(=O)Nc1ccc(C2CC(c3ccco3)=NN2S(C)(=O)=O)cc1. The number of sulfonamides is 1. The molecule has 126 valence electrons. The van der Waals surface area contributed by atoms with Gasteiger partial charge in [-0.15, -0.1) is 0 Å². The van der Waals surface area contributed by atoms with Crippen LogP contribution in [-0.4, -0.2) is 30.7 Å². The summed E-state index contributed by atoms with van der Waals surface area (Å²) in [7, 11) is -3.52. The number of hydrogen-bond donors (Lipinski definition) is 1. The van der Waals surface area contributed by atoms with Gasteiger partial charge in [-0.2, -0.15) is 9.52 Å². The summed E-state index contributed by atoms with van der Waals surface area (Å²) in [5.41, 5.74) is 2.03. The Morgan fingerprint density at radius 3 is 2.54 bits per heavy atom. The Balaban J connectivity index is 1.90. The van der Waals surface area contributed by atoms with Crippen molar-refractivity contribution in [1.82, 2.24) is 4.41 Å². The van der Waals surface area contributed by atoms with Crippen LogP contribution >= 0.6 is 0 Å². The second-order valence-corrected chi connectivity index (χ2v) is 7.42. The Kier molecular flexibility index (Phi) is 4.15. The number of carbonyl (C=O) groups is 1. The van der Waals surface area contributed by atoms with Crippen LogP contribution < -0.4 is 5.32 Å². The van der Waals surface area contributed by atoms with Crippen molar-refractivity contribution in [1.29, 1.82) is 0 Å². The molecule has 0 saturated heterocycles. The zero-order valence-corrected chi connectivity index (χ0v) is 14.1. The van der Waals surface area contributed by atoms with Crippen LogP contribution in [0.4, 0.5) is 5.69 Å². The zero-order valence-electron chi connectivity index (χ0n) is 13.3. The van der Waals surface area contributed by atoms with Crippen molar-refractivity contribution in [3.8, 4) is 0 Å². The van der Waals surface area contributed by atoms with Gasteiger partial charge in [0.15, 0.2) is 0 Å². The molecule has 0 saturated carbocycles. The van der Waals surface area contributed by atoms with Gasteiger partial charge in [0.2, 0.25) is 15.9 Å². The average molecular weight is 347 g/mol. The van der Waals surface area contributed by atoms with Gasteiger partial charge in [-0.05, 0) is 29.8 Å². The highest BCUT2D eigenvalue weighted by molar-refractivity contribution is 7.88. The second-order valence-electron chi connectivity index (χ2n) is 5.58. The predicted octanol–water partition coefficient (Wildman–Crippen LogP) is 2.35. The Morgan fingerprint density at radius 1 is 1.29 bits per heavy atom. The van der Waals surface area contributed by atoms with Crippen molar-refractivity contribution >= 4 is 27.3 Å². The lowest BCUT2D eigenvalue weighted by Gasteiger charge is -2.21. The molecular weight excluding hydrogens is 330 g/mol. The maximum atomic E-state index is 12.1. The summed E-state index contributed by atoms with van der Waals surface area (Å²) in [5.74, 6) is 0.394. The summed E-state index contributed by atoms with van der Waals surface area (Å²) < 4.78 is 30.6. The molecule has 0 spiro atoms. The van der Waals surface area contributed by atoms with Gasteiger partial charge in [0, 0.05) is 19.0 Å². The molecule has 0 bridgehead atoms. The Morgan fingerprint density at radius 2 is 2.00 bits per heavy atom. The van der Waals surface area contributed by atoms with Gasteiger partial charge < -0.3 is 9.73 Å². The third-order valence-electron chi connectivity index (χ3n) is 3.63. The van der Waals surface area contributed by atoms with Crippen molar-refractivity contribution in [2.75, 3.05) is 11.6 Å². The third kappa shape index (κ3) is 3.33. The maximum Gasteiger partial charge on any atom is 0.247 e. The highest BCUT2D eigenvalue weighted by Crippen LogP contribution is 2.35. The van der Waals surface area contributed by atoms with E-state index in [1.165, 1.54) is 13.2 Å². The molecule has 7 nitrogen and oxygen atoms in total. The molecule has 24 heavy (non-hydrogen) atoms. The third-order valence-corrected chi connectivity index (χ3v) is 4.65. The first kappa shape index (κ1) is 16.3. The van der Waals surface area contributed by atoms with Crippen molar-refractivity contribution in [2.24, 2.45) is 5.10 Å². The smallest absolute Gasteiger partial charge is 0.247 e. The summed E-state index contributed by atoms with van der Waals surface area (Å²) in [5, 5.41) is 6.91. The molecule has 2 heterocycles. The van der Waals surface area contributed by atoms with Gasteiger partial charge in [-0.1, -0.05) is 12.1 Å². The van der Waals surface area contributed by atoms with Gasteiger partial charge in [0.1, 0.15) is 11.5 Å². The van der Waals surface area contributed by atoms with Crippen molar-refractivity contribution < 1.29 is 17.6 Å². The number of hydrogen-bond acceptors (Lipinski definition) is 5. The van der Waals surface area contributed by atoms with Crippen LogP contribution in [0.15, 0.2) is 52.2 Å². The molecule has 1 aliphatic rings. The van der Waals surface area contributed by atoms with Crippen LogP contribution in [0.1, 0.15) is 30.7 Å². The molecule has 1 amide bonds. The van der Waals surface area contributed by atoms with Gasteiger partial charge >= 0.3 is 0 Å². The highest BCUT2D eigenvalue weighted by Gasteiger charge is 2.35. The van der Waals surface area contributed by atoms with Crippen LogP contribution in [0.3, 0.4) is 0 Å². The van der Waals surface area contributed by atoms with Gasteiger partial charge in [-0.3, -0.25) is 4.79 Å². The monoisotopic (exact) mass is 347 g/mol. The number of nitrogens with zero attached hydrogens (tertiary/aromatic N) is 2. The molecule has 0 radical (unpaired) electrons. The van der Waals surface area contributed by atoms with Crippen LogP contribution in [0, 0.1) is 0 Å². The Labute approximate surface area is 140 Å². The van der Waals surface area contributed by atoms with Crippen molar-refractivity contribution in [2.45, 2.75) is 19.4 Å². The molecule has 1 aromatic carbocycles. The van der Waals surface area contributed by atoms with E-state index in [1.54, 1.807) is 36.4 Å². The van der Waals surface area contributed by atoms with Gasteiger partial charge in [0.05, 0.1) is 18.6 Å². The molecule has 1 aromatic heterocycles. The number of carbonyl (C=O) groups excluding carboxylic acids is 1. The number of nitrogens with one attached hydrogen (secondary N) is 1. The van der Waals surface area contributed by atoms with Crippen LogP contribution in [0.5, 0.6) is 0 Å². The minimum absolute atomic E-state index is 0.162. The predicted molar refractivity (Wildman–Crippen MR) is 90.0 cm³/mol. The maximum absolute atomic E-state index is 12.1. The minimum Gasteiger partial charge on any atom is -0.463 e. The fourth-order valence-corrected chi connectivity index (χ4v) is 3.53. The van der Waals surface area contributed by atoms with Crippen LogP contribution in [-0.2, 0) is 14.8 Å². The number of amides is 1. The number of anilines is 1. The lowest BCUT2D eigenvalue weighted by molar-refractivity contribution is -0.114. The van der Waals surface area contributed by atoms with E-state index in [9.17, 15) is 13.2 Å². The van der Waals surface area contributed by atoms with E-state index in [4.69, 9.17) is 4.42 Å². The molecule has 1 N–H and O–H groups in total. The van der Waals surface area contributed by atoms with Gasteiger partial charge in [0.25, 0.3) is 0 Å². The molecule has 8 heteroatoms. The fraction of sp³-hybridized carbons (Fsp3) is 0.250. The second kappa shape index (κ2) is 6.12. The molecule has 0 aliphatic carbocycles. The van der Waals surface area contributed by atoms with E-state index in [-0.39, 0.29) is 5.91 Å². The van der Waals surface area contributed by atoms with E-state index in [1.807, 2.05) is 0 Å². The molecule has 2 aromatic rings. The molecular formula is C16H17N3O4S. The summed E-state index contributed by atoms with van der Waals surface area (Å²) in [4.78, 5) is 11.1. The number of furan rings is 1. The quantitative estimate of drug-likeness (QED) is 0.919. The van der Waals surface area contributed by atoms with Crippen LogP contribution in [0.2, 0.25) is 0 Å². The van der Waals surface area contributed by atoms with Crippen molar-refractivity contribution in [3.05, 3.63) is 54.0 Å². The Hall–Kier alpha value is -2.61. The standard InChI is InChI=1S/C16H17N3O4S/c1-11(20)17-13-7-5-12(6-8-13)15-10-14(16-4-3-9-23-16)18-19(15)24(2,21)22/h3-9,15H,10H2,1-2H3,(H,17,20). The topological polar surface area (TPSA) is 92.0 Å². The fourth-order valence-electron chi connectivity index (χ4n) is 2.63. The average Bonchev–Trinajstić information content (AvgIpc) is 3.16. The van der Waals surface area contributed by atoms with E-state index < -0.39 is 16.1 Å². The zero-order chi connectivity index (χ0) is 17.3. The molecule has 1 aliphatic heterocycles. The first-order chi connectivity index (χ1) is 11.3. The van der Waals surface area contributed by atoms with E-state index in [0.29, 0.717) is 23.6 Å². The highest BCUT2D eigenvalue weighted by atomic mass is 32.2. The molecule has 1 unspecified atom stereocenters. The number of rotatable bonds is 4. The van der Waals surface area contributed by atoms with Crippen molar-refractivity contribution in [3.63, 3.8) is 0 Å². The summed E-state index contributed by atoms with van der Waals surface area (Å²) in [6.07, 6.45) is 3.07. The number of benzene rings is 1. The van der Waals surface area contributed by atoms with Gasteiger partial charge in [-0.25, -0.2) is 8.42 Å². The Bertz CT molecular complexity index is 871. The molecule has 1 atom stereocenters. The summed E-state index contributed by atoms with van der Waals surface area (Å²) >= 11 is 0. The summed E-state index contributed by atoms with van der Waals surface area (Å²) in [6, 6.07) is 10.1. The normalized spacial score (nSPS) is 17.7. The number of hydrazone groups is 1. The minimum atomic E-state index is -3.52. The first-order valence-electron chi connectivity index (χ1n) is 7.33. The largest absolute Gasteiger partial charge is 0.463 e. The first-order valence-corrected chi connectivity index (χ1v) is 9.18. The van der Waals surface area contributed by atoms with E-state index in [2.05, 4.69) is 10.4 Å². The molecule has 3 rings (SSSR count).